The van der Waals surface area contributed by atoms with E-state index in [1.54, 1.807) is 0 Å². The minimum atomic E-state index is -0.0155. The molecule has 7 aromatic rings. The summed E-state index contributed by atoms with van der Waals surface area (Å²) in [6, 6.07) is 32.2. The normalized spacial score (nSPS) is 12.2. The quantitative estimate of drug-likeness (QED) is 0.136. The minimum absolute atomic E-state index is 0. The van der Waals surface area contributed by atoms with E-state index >= 15 is 0 Å². The van der Waals surface area contributed by atoms with E-state index in [4.69, 9.17) is 14.8 Å². The number of rotatable bonds is 9. The van der Waals surface area contributed by atoms with Crippen LogP contribution in [0, 0.1) is 30.9 Å². The third-order valence-corrected chi connectivity index (χ3v) is 10.1. The van der Waals surface area contributed by atoms with Gasteiger partial charge in [0, 0.05) is 35.0 Å². The predicted octanol–water partition coefficient (Wildman–Crippen LogP) is 12.7. The maximum atomic E-state index is 6.49. The molecule has 0 atom stereocenters. The second-order valence-electron chi connectivity index (χ2n) is 17.8. The molecule has 0 N–H and O–H groups in total. The fraction of sp³-hybridized carbons (Fsp3) is 0.347. The van der Waals surface area contributed by atoms with Crippen LogP contribution in [-0.4, -0.2) is 19.3 Å². The fourth-order valence-electron chi connectivity index (χ4n) is 7.97. The van der Waals surface area contributed by atoms with Gasteiger partial charge in [0.25, 0.3) is 0 Å². The van der Waals surface area contributed by atoms with Gasteiger partial charge >= 0.3 is 21.1 Å². The average Bonchev–Trinajstić information content (AvgIpc) is 3.70. The van der Waals surface area contributed by atoms with E-state index in [0.717, 1.165) is 57.3 Å². The van der Waals surface area contributed by atoms with Crippen molar-refractivity contribution >= 4 is 21.8 Å². The Morgan fingerprint density at radius 1 is 0.764 bits per heavy atom. The van der Waals surface area contributed by atoms with Crippen molar-refractivity contribution in [3.8, 4) is 34.1 Å². The molecule has 0 aliphatic heterocycles. The molecule has 0 saturated heterocycles. The second kappa shape index (κ2) is 15.6. The van der Waals surface area contributed by atoms with Crippen molar-refractivity contribution in [1.29, 1.82) is 0 Å². The molecule has 3 aromatic heterocycles. The average molecular weight is 910 g/mol. The van der Waals surface area contributed by atoms with Crippen LogP contribution in [-0.2, 0) is 44.7 Å². The van der Waals surface area contributed by atoms with Crippen molar-refractivity contribution in [3.63, 3.8) is 0 Å². The number of hydrogen-bond donors (Lipinski definition) is 0. The summed E-state index contributed by atoms with van der Waals surface area (Å²) in [5, 5.41) is 7.19. The molecule has 0 fully saturated rings. The van der Waals surface area contributed by atoms with Gasteiger partial charge < -0.3 is 9.30 Å². The molecule has 4 aromatic carbocycles. The standard InChI is InChI=1S/C49H54N4O.Pt/c1-31(2)23-34-26-42(48(6,7)8)47(49(9,10)11)41(24-32(3)4)46(34)35-29-51-52(30-35)36-15-14-16-37(27-36)54-38-19-20-40-39-17-12-13-18-43(39)53(44(40)28-38)45-25-33(5)21-22-50-45;/h12-22,25-26,29-32H,23-24H2,1-11H3;/q-2;+2. The monoisotopic (exact) mass is 909 g/mol. The van der Waals surface area contributed by atoms with E-state index in [0.29, 0.717) is 23.3 Å². The Bertz CT molecular complexity index is 2470. The molecule has 55 heavy (non-hydrogen) atoms. The van der Waals surface area contributed by atoms with Gasteiger partial charge in [-0.05, 0) is 105 Å². The van der Waals surface area contributed by atoms with Gasteiger partial charge in [0.1, 0.15) is 5.82 Å². The van der Waals surface area contributed by atoms with Crippen LogP contribution in [0.1, 0.15) is 97.1 Å². The summed E-state index contributed by atoms with van der Waals surface area (Å²) in [4.78, 5) is 4.72. The molecular weight excluding hydrogens is 856 g/mol. The summed E-state index contributed by atoms with van der Waals surface area (Å²) < 4.78 is 10.6. The van der Waals surface area contributed by atoms with E-state index in [9.17, 15) is 0 Å². The third-order valence-electron chi connectivity index (χ3n) is 10.1. The second-order valence-corrected chi connectivity index (χ2v) is 17.8. The van der Waals surface area contributed by atoms with Crippen LogP contribution in [0.2, 0.25) is 0 Å². The van der Waals surface area contributed by atoms with Crippen LogP contribution in [0.5, 0.6) is 11.5 Å². The van der Waals surface area contributed by atoms with Crippen molar-refractivity contribution < 1.29 is 25.8 Å². The first-order valence-electron chi connectivity index (χ1n) is 19.4. The van der Waals surface area contributed by atoms with Crippen LogP contribution in [0.15, 0.2) is 91.4 Å². The molecule has 0 bridgehead atoms. The zero-order valence-electron chi connectivity index (χ0n) is 34.2. The van der Waals surface area contributed by atoms with E-state index in [1.165, 1.54) is 27.8 Å². The summed E-state index contributed by atoms with van der Waals surface area (Å²) >= 11 is 0. The number of para-hydroxylation sites is 1. The van der Waals surface area contributed by atoms with Crippen molar-refractivity contribution in [2.24, 2.45) is 11.8 Å². The number of nitrogens with zero attached hydrogens (tertiary/aromatic N) is 4. The molecule has 0 unspecified atom stereocenters. The van der Waals surface area contributed by atoms with E-state index < -0.39 is 0 Å². The Hall–Kier alpha value is -4.47. The number of hydrogen-bond acceptors (Lipinski definition) is 3. The first-order valence-corrected chi connectivity index (χ1v) is 19.4. The number of fused-ring (bicyclic) bond motifs is 3. The van der Waals surface area contributed by atoms with Gasteiger partial charge in [-0.25, -0.2) is 4.98 Å². The summed E-state index contributed by atoms with van der Waals surface area (Å²) in [5.41, 5.74) is 12.3. The van der Waals surface area contributed by atoms with Gasteiger partial charge in [0.15, 0.2) is 0 Å². The molecular formula is C49H54N4OPt. The van der Waals surface area contributed by atoms with E-state index in [1.807, 2.05) is 47.4 Å². The minimum Gasteiger partial charge on any atom is -0.509 e. The smallest absolute Gasteiger partial charge is 0.509 e. The molecule has 286 valence electrons. The van der Waals surface area contributed by atoms with E-state index in [2.05, 4.69) is 142 Å². The summed E-state index contributed by atoms with van der Waals surface area (Å²) in [6.45, 7) is 25.6. The fourth-order valence-corrected chi connectivity index (χ4v) is 7.97. The summed E-state index contributed by atoms with van der Waals surface area (Å²) in [6.07, 6.45) is 8.08. The molecule has 0 saturated carbocycles. The molecule has 6 heteroatoms. The number of aryl methyl sites for hydroxylation is 1. The Morgan fingerprint density at radius 2 is 1.49 bits per heavy atom. The molecule has 5 nitrogen and oxygen atoms in total. The predicted molar refractivity (Wildman–Crippen MR) is 225 cm³/mol. The van der Waals surface area contributed by atoms with Crippen LogP contribution in [0.25, 0.3) is 44.4 Å². The molecule has 0 spiro atoms. The van der Waals surface area contributed by atoms with Gasteiger partial charge in [0.2, 0.25) is 0 Å². The Morgan fingerprint density at radius 3 is 2.18 bits per heavy atom. The number of aromatic nitrogens is 4. The van der Waals surface area contributed by atoms with Gasteiger partial charge in [-0.15, -0.1) is 35.7 Å². The first-order chi connectivity index (χ1) is 25.6. The molecule has 0 amide bonds. The summed E-state index contributed by atoms with van der Waals surface area (Å²) in [7, 11) is 0. The van der Waals surface area contributed by atoms with Crippen molar-refractivity contribution in [2.75, 3.05) is 0 Å². The van der Waals surface area contributed by atoms with Crippen LogP contribution in [0.3, 0.4) is 0 Å². The molecule has 0 aliphatic carbocycles. The topological polar surface area (TPSA) is 44.9 Å². The number of ether oxygens (including phenoxy) is 1. The van der Waals surface area contributed by atoms with E-state index in [-0.39, 0.29) is 31.9 Å². The van der Waals surface area contributed by atoms with Crippen LogP contribution in [0.4, 0.5) is 0 Å². The maximum Gasteiger partial charge on any atom is 2.00 e. The van der Waals surface area contributed by atoms with Gasteiger partial charge in [0.05, 0.1) is 6.20 Å². The SMILES string of the molecule is Cc1ccnc(-n2c3[c-]c(Oc4[c-]c(-n5cc(-c6c(CC(C)C)cc(C(C)(C)C)c(C(C)(C)C)c6CC(C)C)cn5)ccc4)ccc3c3ccccc32)c1.[Pt+2]. The zero-order chi connectivity index (χ0) is 38.5. The van der Waals surface area contributed by atoms with Crippen molar-refractivity contribution in [3.05, 3.63) is 131 Å². The zero-order valence-corrected chi connectivity index (χ0v) is 36.5. The van der Waals surface area contributed by atoms with Crippen LogP contribution < -0.4 is 4.74 Å². The molecule has 0 aliphatic rings. The van der Waals surface area contributed by atoms with Crippen molar-refractivity contribution in [1.82, 2.24) is 19.3 Å². The number of benzene rings is 4. The van der Waals surface area contributed by atoms with Gasteiger partial charge in [-0.3, -0.25) is 4.68 Å². The van der Waals surface area contributed by atoms with Gasteiger partial charge in [-0.1, -0.05) is 99.0 Å². The largest absolute Gasteiger partial charge is 2.00 e. The maximum absolute atomic E-state index is 6.49. The molecule has 0 radical (unpaired) electrons. The van der Waals surface area contributed by atoms with Gasteiger partial charge in [-0.2, -0.15) is 17.2 Å². The Kier molecular flexibility index (Phi) is 11.4. The molecule has 7 rings (SSSR count). The van der Waals surface area contributed by atoms with Crippen LogP contribution >= 0.6 is 0 Å². The molecule has 3 heterocycles. The Labute approximate surface area is 342 Å². The first kappa shape index (κ1) is 40.2. The Balaban J connectivity index is 0.00000514. The summed E-state index contributed by atoms with van der Waals surface area (Å²) in [5.74, 6) is 3.09. The van der Waals surface area contributed by atoms with Crippen molar-refractivity contribution in [2.45, 2.75) is 99.8 Å². The third kappa shape index (κ3) is 8.24. The number of pyridine rings is 1.